The number of hydrazone groups is 1. The summed E-state index contributed by atoms with van der Waals surface area (Å²) in [6.45, 7) is 4.06. The Kier molecular flexibility index (Phi) is 5.38. The number of hydrogen-bond acceptors (Lipinski definition) is 9. The third kappa shape index (κ3) is 3.88. The van der Waals surface area contributed by atoms with E-state index in [2.05, 4.69) is 44.9 Å². The predicted octanol–water partition coefficient (Wildman–Crippen LogP) is 6.58. The van der Waals surface area contributed by atoms with E-state index in [-0.39, 0.29) is 0 Å². The summed E-state index contributed by atoms with van der Waals surface area (Å²) in [7, 11) is 0. The van der Waals surface area contributed by atoms with E-state index in [9.17, 15) is 0 Å². The molecular formula is C27H20N8OS2. The second kappa shape index (κ2) is 9.05. The van der Waals surface area contributed by atoms with Gasteiger partial charge in [-0.1, -0.05) is 41.1 Å². The Labute approximate surface area is 224 Å². The molecule has 0 fully saturated rings. The van der Waals surface area contributed by atoms with E-state index in [0.717, 1.165) is 50.2 Å². The number of nitrogens with one attached hydrogen (secondary N) is 1. The Balaban J connectivity index is 1.18. The molecule has 0 saturated heterocycles. The molecule has 1 N–H and O–H groups in total. The zero-order valence-electron chi connectivity index (χ0n) is 20.4. The van der Waals surface area contributed by atoms with Gasteiger partial charge in [0.05, 0.1) is 23.3 Å². The number of hydrogen-bond donors (Lipinski definition) is 1. The van der Waals surface area contributed by atoms with Crippen molar-refractivity contribution in [1.29, 1.82) is 0 Å². The van der Waals surface area contributed by atoms with Gasteiger partial charge in [0.1, 0.15) is 22.7 Å². The van der Waals surface area contributed by atoms with Gasteiger partial charge in [0.15, 0.2) is 10.7 Å². The van der Waals surface area contributed by atoms with Crippen LogP contribution in [0.4, 0.5) is 5.13 Å². The van der Waals surface area contributed by atoms with Gasteiger partial charge in [0.25, 0.3) is 0 Å². The molecule has 2 aromatic carbocycles. The maximum absolute atomic E-state index is 5.94. The first-order valence-electron chi connectivity index (χ1n) is 11.8. The second-order valence-corrected chi connectivity index (χ2v) is 10.5. The molecule has 38 heavy (non-hydrogen) atoms. The molecule has 5 aromatic heterocycles. The van der Waals surface area contributed by atoms with Crippen molar-refractivity contribution in [3.8, 4) is 28.5 Å². The van der Waals surface area contributed by atoms with Crippen LogP contribution in [-0.2, 0) is 0 Å². The first-order valence-corrected chi connectivity index (χ1v) is 13.6. The molecule has 0 aliphatic heterocycles. The number of aromatic nitrogens is 6. The lowest BCUT2D eigenvalue weighted by atomic mass is 10.2. The molecule has 0 amide bonds. The van der Waals surface area contributed by atoms with E-state index in [1.165, 1.54) is 16.9 Å². The van der Waals surface area contributed by atoms with Crippen molar-refractivity contribution < 1.29 is 4.42 Å². The molecular weight excluding hydrogens is 516 g/mol. The molecule has 0 unspecified atom stereocenters. The van der Waals surface area contributed by atoms with Crippen LogP contribution < -0.4 is 5.43 Å². The average molecular weight is 537 g/mol. The van der Waals surface area contributed by atoms with Gasteiger partial charge >= 0.3 is 0 Å². The van der Waals surface area contributed by atoms with Crippen LogP contribution in [0.3, 0.4) is 0 Å². The fourth-order valence-electron chi connectivity index (χ4n) is 4.28. The minimum Gasteiger partial charge on any atom is -0.454 e. The van der Waals surface area contributed by atoms with Crippen molar-refractivity contribution in [2.24, 2.45) is 5.10 Å². The third-order valence-electron chi connectivity index (χ3n) is 6.23. The largest absolute Gasteiger partial charge is 0.454 e. The fourth-order valence-corrected chi connectivity index (χ4v) is 5.64. The molecule has 186 valence electrons. The highest BCUT2D eigenvalue weighted by Crippen LogP contribution is 2.31. The Morgan fingerprint density at radius 3 is 2.74 bits per heavy atom. The van der Waals surface area contributed by atoms with E-state index < -0.39 is 0 Å². The van der Waals surface area contributed by atoms with Gasteiger partial charge in [-0.25, -0.2) is 14.6 Å². The average Bonchev–Trinajstić information content (AvgIpc) is 3.74. The van der Waals surface area contributed by atoms with Gasteiger partial charge in [-0.3, -0.25) is 9.83 Å². The molecule has 9 nitrogen and oxygen atoms in total. The molecule has 7 aromatic rings. The highest BCUT2D eigenvalue weighted by atomic mass is 32.1. The van der Waals surface area contributed by atoms with Crippen LogP contribution in [0.5, 0.6) is 0 Å². The summed E-state index contributed by atoms with van der Waals surface area (Å²) < 4.78 is 9.77. The zero-order chi connectivity index (χ0) is 25.6. The monoisotopic (exact) mass is 536 g/mol. The third-order valence-corrected chi connectivity index (χ3v) is 7.73. The maximum atomic E-state index is 5.94. The van der Waals surface area contributed by atoms with E-state index in [0.29, 0.717) is 10.8 Å². The summed E-state index contributed by atoms with van der Waals surface area (Å²) in [5, 5.41) is 19.0. The van der Waals surface area contributed by atoms with Gasteiger partial charge in [-0.15, -0.1) is 27.8 Å². The number of thiazole rings is 2. The molecule has 0 aliphatic rings. The van der Waals surface area contributed by atoms with Gasteiger partial charge in [-0.05, 0) is 38.1 Å². The van der Waals surface area contributed by atoms with Crippen molar-refractivity contribution in [3.05, 3.63) is 88.5 Å². The van der Waals surface area contributed by atoms with Crippen LogP contribution in [0, 0.1) is 13.8 Å². The Morgan fingerprint density at radius 2 is 1.87 bits per heavy atom. The van der Waals surface area contributed by atoms with Crippen LogP contribution in [-0.4, -0.2) is 35.6 Å². The van der Waals surface area contributed by atoms with Gasteiger partial charge in [-0.2, -0.15) is 5.10 Å². The summed E-state index contributed by atoms with van der Waals surface area (Å²) in [5.41, 5.74) is 9.94. The number of nitrogens with zero attached hydrogens (tertiary/aromatic N) is 7. The molecule has 0 atom stereocenters. The Morgan fingerprint density at radius 1 is 1.00 bits per heavy atom. The number of aryl methyl sites for hydroxylation is 1. The molecule has 0 saturated carbocycles. The Hall–Kier alpha value is -4.61. The molecule has 0 spiro atoms. The second-order valence-electron chi connectivity index (χ2n) is 8.73. The lowest BCUT2D eigenvalue weighted by molar-refractivity contribution is 0.629. The van der Waals surface area contributed by atoms with Crippen LogP contribution in [0.15, 0.2) is 81.1 Å². The van der Waals surface area contributed by atoms with Gasteiger partial charge < -0.3 is 4.42 Å². The molecule has 0 bridgehead atoms. The number of imidazole rings is 1. The van der Waals surface area contributed by atoms with Crippen molar-refractivity contribution in [2.45, 2.75) is 13.8 Å². The van der Waals surface area contributed by atoms with Crippen molar-refractivity contribution in [3.63, 3.8) is 0 Å². The van der Waals surface area contributed by atoms with Crippen LogP contribution >= 0.6 is 22.7 Å². The first kappa shape index (κ1) is 22.6. The zero-order valence-corrected chi connectivity index (χ0v) is 22.0. The van der Waals surface area contributed by atoms with Crippen LogP contribution in [0.25, 0.3) is 44.5 Å². The molecule has 7 rings (SSSR count). The minimum absolute atomic E-state index is 0.658. The number of furan rings is 1. The first-order chi connectivity index (χ1) is 18.6. The highest BCUT2D eigenvalue weighted by Gasteiger charge is 2.20. The predicted molar refractivity (Wildman–Crippen MR) is 151 cm³/mol. The Bertz CT molecular complexity index is 1900. The lowest BCUT2D eigenvalue weighted by Crippen LogP contribution is -1.99. The van der Waals surface area contributed by atoms with E-state index in [4.69, 9.17) is 9.40 Å². The maximum Gasteiger partial charge on any atom is 0.203 e. The standard InChI is InChI=1S/C27H20N8OS2/c1-16-7-9-19(10-8-16)35-17(2)24(31-33-35)25-21(34-11-12-37-27(34)30-25)14-28-32-26-29-20(15-38-26)23-13-18-5-3-4-6-22(18)36-23/h3-15H,1-2H3,(H,29,32)/b28-14-. The lowest BCUT2D eigenvalue weighted by Gasteiger charge is -2.04. The summed E-state index contributed by atoms with van der Waals surface area (Å²) in [6.07, 6.45) is 3.72. The quantitative estimate of drug-likeness (QED) is 0.191. The van der Waals surface area contributed by atoms with Gasteiger partial charge in [0.2, 0.25) is 5.13 Å². The minimum atomic E-state index is 0.658. The van der Waals surface area contributed by atoms with Crippen LogP contribution in [0.2, 0.25) is 0 Å². The van der Waals surface area contributed by atoms with Crippen molar-refractivity contribution in [1.82, 2.24) is 29.4 Å². The number of benzene rings is 2. The molecule has 11 heteroatoms. The summed E-state index contributed by atoms with van der Waals surface area (Å²) in [6, 6.07) is 18.1. The number of fused-ring (bicyclic) bond motifs is 2. The summed E-state index contributed by atoms with van der Waals surface area (Å²) in [4.78, 5) is 10.3. The smallest absolute Gasteiger partial charge is 0.203 e. The summed E-state index contributed by atoms with van der Waals surface area (Å²) in [5.74, 6) is 0.727. The van der Waals surface area contributed by atoms with Gasteiger partial charge in [0, 0.05) is 22.3 Å². The van der Waals surface area contributed by atoms with Crippen molar-refractivity contribution >= 4 is 49.9 Å². The van der Waals surface area contributed by atoms with Crippen LogP contribution in [0.1, 0.15) is 17.0 Å². The van der Waals surface area contributed by atoms with E-state index >= 15 is 0 Å². The molecule has 5 heterocycles. The SMILES string of the molecule is Cc1ccc(-n2nnc(-c3nc4sccn4c3/C=N\Nc3nc(-c4cc5ccccc5o4)cs3)c2C)cc1. The highest BCUT2D eigenvalue weighted by molar-refractivity contribution is 7.15. The molecule has 0 aliphatic carbocycles. The van der Waals surface area contributed by atoms with E-state index in [1.807, 2.05) is 75.4 Å². The number of para-hydroxylation sites is 1. The summed E-state index contributed by atoms with van der Waals surface area (Å²) >= 11 is 3.01. The topological polar surface area (TPSA) is 98.4 Å². The number of anilines is 1. The van der Waals surface area contributed by atoms with E-state index in [1.54, 1.807) is 17.6 Å². The molecule has 0 radical (unpaired) electrons. The number of rotatable bonds is 6. The van der Waals surface area contributed by atoms with Crippen molar-refractivity contribution in [2.75, 3.05) is 5.43 Å². The normalized spacial score (nSPS) is 11.8. The fraction of sp³-hybridized carbons (Fsp3) is 0.0741.